The topological polar surface area (TPSA) is 25.2 Å². The van der Waals surface area contributed by atoms with Gasteiger partial charge in [-0.1, -0.05) is 165 Å². The van der Waals surface area contributed by atoms with Crippen molar-refractivity contribution >= 4 is 54.5 Å². The number of hydrogen-bond donors (Lipinski definition) is 0. The summed E-state index contributed by atoms with van der Waals surface area (Å²) in [5, 5.41) is 9.91. The number of hydrogen-bond acceptors (Lipinski definition) is 2. The Balaban J connectivity index is 1.16. The molecule has 0 saturated heterocycles. The molecule has 0 aliphatic carbocycles. The zero-order chi connectivity index (χ0) is 37.6. The van der Waals surface area contributed by atoms with Crippen LogP contribution in [0.3, 0.4) is 0 Å². The molecule has 2 heterocycles. The number of benzene rings is 8. The monoisotopic (exact) mass is 718 g/mol. The van der Waals surface area contributed by atoms with E-state index in [2.05, 4.69) is 189 Å². The standard InChI is InChI=1S/C54H42N2/c1-3-47-49(45-28-21-37-13-7-8-14-43(37)32-45)31-35(2)53(42-26-19-38(20-27-42)36-11-5-4-6-12-36)56-54(47)46-17-9-16-44(33-46)48-18-10-15-40-24-25-41-23-22-39-29-30-55-34-50(39)52(41)51(40)48/h4-30,32-34,47,49H,3,31H2,1-2H3. The SMILES string of the molecule is CCC1C(c2cccc(-c3cccc4ccc5ccc6ccncc6c5c34)c2)=NC(c2ccc(-c3ccccc3)cc2)=C(C)CC1c1ccc2ccccc2c1. The van der Waals surface area contributed by atoms with E-state index >= 15 is 0 Å². The molecular formula is C54H42N2. The van der Waals surface area contributed by atoms with Crippen molar-refractivity contribution < 1.29 is 0 Å². The average Bonchev–Trinajstić information content (AvgIpc) is 3.42. The Morgan fingerprint density at radius 3 is 1.98 bits per heavy atom. The molecule has 0 spiro atoms. The van der Waals surface area contributed by atoms with Crippen LogP contribution in [0.4, 0.5) is 0 Å². The van der Waals surface area contributed by atoms with Gasteiger partial charge in [0.1, 0.15) is 0 Å². The van der Waals surface area contributed by atoms with Gasteiger partial charge in [0.15, 0.2) is 0 Å². The minimum Gasteiger partial charge on any atom is -0.264 e. The zero-order valence-electron chi connectivity index (χ0n) is 31.8. The maximum absolute atomic E-state index is 5.77. The molecule has 0 fully saturated rings. The molecule has 1 aliphatic heterocycles. The molecule has 2 heteroatoms. The van der Waals surface area contributed by atoms with Crippen LogP contribution in [-0.4, -0.2) is 10.7 Å². The van der Waals surface area contributed by atoms with Gasteiger partial charge in [-0.3, -0.25) is 9.98 Å². The van der Waals surface area contributed by atoms with Crippen LogP contribution in [0.15, 0.2) is 193 Å². The second kappa shape index (κ2) is 14.2. The Morgan fingerprint density at radius 2 is 1.16 bits per heavy atom. The first-order chi connectivity index (χ1) is 27.6. The number of aromatic nitrogens is 1. The zero-order valence-corrected chi connectivity index (χ0v) is 31.8. The van der Waals surface area contributed by atoms with Crippen LogP contribution in [0.25, 0.3) is 71.0 Å². The van der Waals surface area contributed by atoms with Crippen molar-refractivity contribution in [2.24, 2.45) is 10.9 Å². The number of rotatable bonds is 6. The van der Waals surface area contributed by atoms with E-state index in [4.69, 9.17) is 4.99 Å². The lowest BCUT2D eigenvalue weighted by Crippen LogP contribution is -2.22. The van der Waals surface area contributed by atoms with Crippen LogP contribution in [0.2, 0.25) is 0 Å². The highest BCUT2D eigenvalue weighted by atomic mass is 14.8. The fourth-order valence-electron chi connectivity index (χ4n) is 9.22. The van der Waals surface area contributed by atoms with E-state index < -0.39 is 0 Å². The van der Waals surface area contributed by atoms with Crippen molar-refractivity contribution in [1.29, 1.82) is 0 Å². The van der Waals surface area contributed by atoms with Crippen molar-refractivity contribution in [3.63, 3.8) is 0 Å². The molecule has 8 aromatic carbocycles. The summed E-state index contributed by atoms with van der Waals surface area (Å²) in [6.07, 6.45) is 5.82. The molecule has 2 nitrogen and oxygen atoms in total. The van der Waals surface area contributed by atoms with E-state index in [1.807, 2.05) is 12.4 Å². The number of allylic oxidation sites excluding steroid dienone is 1. The molecule has 1 aliphatic rings. The molecular weight excluding hydrogens is 677 g/mol. The van der Waals surface area contributed by atoms with Gasteiger partial charge >= 0.3 is 0 Å². The summed E-state index contributed by atoms with van der Waals surface area (Å²) in [4.78, 5) is 10.3. The van der Waals surface area contributed by atoms with Gasteiger partial charge in [-0.05, 0) is 114 Å². The van der Waals surface area contributed by atoms with Gasteiger partial charge in [0.05, 0.1) is 11.4 Å². The predicted molar refractivity (Wildman–Crippen MR) is 238 cm³/mol. The summed E-state index contributed by atoms with van der Waals surface area (Å²) in [6.45, 7) is 4.63. The summed E-state index contributed by atoms with van der Waals surface area (Å²) in [7, 11) is 0. The molecule has 0 N–H and O–H groups in total. The van der Waals surface area contributed by atoms with Gasteiger partial charge in [0.2, 0.25) is 0 Å². The van der Waals surface area contributed by atoms with Crippen LogP contribution in [0, 0.1) is 5.92 Å². The maximum Gasteiger partial charge on any atom is 0.0695 e. The Morgan fingerprint density at radius 1 is 0.518 bits per heavy atom. The van der Waals surface area contributed by atoms with Gasteiger partial charge in [0.25, 0.3) is 0 Å². The Bertz CT molecular complexity index is 2980. The van der Waals surface area contributed by atoms with Crippen LogP contribution in [0.5, 0.6) is 0 Å². The molecule has 268 valence electrons. The molecule has 0 radical (unpaired) electrons. The Hall–Kier alpha value is -6.64. The summed E-state index contributed by atoms with van der Waals surface area (Å²) >= 11 is 0. The number of aliphatic imine (C=N–C) groups is 1. The van der Waals surface area contributed by atoms with E-state index in [0.29, 0.717) is 0 Å². The van der Waals surface area contributed by atoms with Gasteiger partial charge in [-0.15, -0.1) is 0 Å². The Labute approximate surface area is 328 Å². The van der Waals surface area contributed by atoms with Crippen LogP contribution < -0.4 is 0 Å². The van der Waals surface area contributed by atoms with Crippen molar-refractivity contribution in [2.75, 3.05) is 0 Å². The predicted octanol–water partition coefficient (Wildman–Crippen LogP) is 14.5. The molecule has 2 unspecified atom stereocenters. The van der Waals surface area contributed by atoms with E-state index in [0.717, 1.165) is 29.8 Å². The summed E-state index contributed by atoms with van der Waals surface area (Å²) in [5.41, 5.74) is 12.1. The van der Waals surface area contributed by atoms with Gasteiger partial charge < -0.3 is 0 Å². The minimum atomic E-state index is 0.214. The van der Waals surface area contributed by atoms with Crippen molar-refractivity contribution in [2.45, 2.75) is 32.6 Å². The lowest BCUT2D eigenvalue weighted by molar-refractivity contribution is 0.520. The molecule has 9 aromatic rings. The van der Waals surface area contributed by atoms with E-state index in [1.165, 1.54) is 82.0 Å². The summed E-state index contributed by atoms with van der Waals surface area (Å²) in [5.74, 6) is 0.485. The number of fused-ring (bicyclic) bond motifs is 6. The second-order valence-corrected chi connectivity index (χ2v) is 15.3. The molecule has 0 saturated carbocycles. The van der Waals surface area contributed by atoms with Crippen molar-refractivity contribution in [1.82, 2.24) is 4.98 Å². The van der Waals surface area contributed by atoms with E-state index in [-0.39, 0.29) is 11.8 Å². The highest BCUT2D eigenvalue weighted by Crippen LogP contribution is 2.44. The maximum atomic E-state index is 5.77. The fraction of sp³-hybridized carbons (Fsp3) is 0.111. The highest BCUT2D eigenvalue weighted by Gasteiger charge is 2.32. The first-order valence-electron chi connectivity index (χ1n) is 19.8. The quantitative estimate of drug-likeness (QED) is 0.157. The fourth-order valence-corrected chi connectivity index (χ4v) is 9.22. The minimum absolute atomic E-state index is 0.214. The molecule has 2 atom stereocenters. The second-order valence-electron chi connectivity index (χ2n) is 15.3. The number of nitrogens with zero attached hydrogens (tertiary/aromatic N) is 2. The third-order valence-electron chi connectivity index (χ3n) is 12.0. The van der Waals surface area contributed by atoms with Gasteiger partial charge in [0, 0.05) is 29.3 Å². The van der Waals surface area contributed by atoms with E-state index in [9.17, 15) is 0 Å². The molecule has 56 heavy (non-hydrogen) atoms. The molecule has 1 aromatic heterocycles. The first-order valence-corrected chi connectivity index (χ1v) is 19.8. The third kappa shape index (κ3) is 5.99. The van der Waals surface area contributed by atoms with Crippen LogP contribution >= 0.6 is 0 Å². The third-order valence-corrected chi connectivity index (χ3v) is 12.0. The number of pyridine rings is 1. The first kappa shape index (κ1) is 33.9. The summed E-state index contributed by atoms with van der Waals surface area (Å²) < 4.78 is 0. The smallest absolute Gasteiger partial charge is 0.0695 e. The lowest BCUT2D eigenvalue weighted by Gasteiger charge is -2.27. The van der Waals surface area contributed by atoms with E-state index in [1.54, 1.807) is 0 Å². The lowest BCUT2D eigenvalue weighted by atomic mass is 9.76. The normalized spacial score (nSPS) is 16.1. The van der Waals surface area contributed by atoms with Crippen molar-refractivity contribution in [3.05, 3.63) is 205 Å². The summed E-state index contributed by atoms with van der Waals surface area (Å²) in [6, 6.07) is 62.4. The van der Waals surface area contributed by atoms with Gasteiger partial charge in [-0.25, -0.2) is 0 Å². The van der Waals surface area contributed by atoms with Crippen LogP contribution in [-0.2, 0) is 0 Å². The molecule has 10 rings (SSSR count). The Kier molecular flexibility index (Phi) is 8.60. The highest BCUT2D eigenvalue weighted by molar-refractivity contribution is 6.24. The van der Waals surface area contributed by atoms with Crippen LogP contribution in [0.1, 0.15) is 49.3 Å². The van der Waals surface area contributed by atoms with Gasteiger partial charge in [-0.2, -0.15) is 0 Å². The largest absolute Gasteiger partial charge is 0.264 e. The molecule has 0 bridgehead atoms. The molecule has 0 amide bonds. The van der Waals surface area contributed by atoms with Crippen molar-refractivity contribution in [3.8, 4) is 22.3 Å². The average molecular weight is 719 g/mol.